The molecule has 2 nitrogen and oxygen atoms in total. The molecule has 0 amide bonds. The average molecular weight is 135 g/mol. The molecule has 0 aromatic carbocycles. The van der Waals surface area contributed by atoms with Crippen molar-refractivity contribution in [3.8, 4) is 0 Å². The van der Waals surface area contributed by atoms with E-state index >= 15 is 0 Å². The zero-order valence-corrected chi connectivity index (χ0v) is 4.96. The van der Waals surface area contributed by atoms with Crippen molar-refractivity contribution in [3.63, 3.8) is 0 Å². The molecule has 0 fully saturated rings. The first kappa shape index (κ1) is 4.87. The number of rotatable bonds is 1. The van der Waals surface area contributed by atoms with Gasteiger partial charge in [-0.1, -0.05) is 0 Å². The third-order valence-corrected chi connectivity index (χ3v) is 1.53. The lowest BCUT2D eigenvalue weighted by molar-refractivity contribution is 1.43. The summed E-state index contributed by atoms with van der Waals surface area (Å²) >= 11 is 6.66. The highest BCUT2D eigenvalue weighted by atomic mass is 35.5. The Hall–Kier alpha value is -0.280. The lowest BCUT2D eigenvalue weighted by Crippen LogP contribution is -1.68. The van der Waals surface area contributed by atoms with Crippen LogP contribution in [0, 0.1) is 0 Å². The molecule has 0 radical (unpaired) electrons. The maximum Gasteiger partial charge on any atom is 0.123 e. The van der Waals surface area contributed by atoms with Gasteiger partial charge in [-0.2, -0.15) is 0 Å². The van der Waals surface area contributed by atoms with Crippen LogP contribution < -0.4 is 4.84 Å². The summed E-state index contributed by atoms with van der Waals surface area (Å²) in [4.78, 5) is 6.20. The number of aromatic nitrogens is 1. The number of hydrogen-bond donors (Lipinski definition) is 1. The summed E-state index contributed by atoms with van der Waals surface area (Å²) in [5.41, 5.74) is 1.71. The third-order valence-electron chi connectivity index (χ3n) is 0.525. The van der Waals surface area contributed by atoms with Crippen LogP contribution in [-0.2, 0) is 0 Å². The van der Waals surface area contributed by atoms with E-state index in [1.807, 2.05) is 0 Å². The third kappa shape index (κ3) is 1.04. The van der Waals surface area contributed by atoms with Gasteiger partial charge in [0.05, 0.1) is 11.7 Å². The van der Waals surface area contributed by atoms with Crippen molar-refractivity contribution in [2.75, 3.05) is 4.84 Å². The maximum atomic E-state index is 5.19. The zero-order chi connectivity index (χ0) is 5.11. The van der Waals surface area contributed by atoms with Crippen LogP contribution in [0.5, 0.6) is 0 Å². The predicted octanol–water partition coefficient (Wildman–Crippen LogP) is 1.71. The molecular weight excluding hydrogens is 132 g/mol. The van der Waals surface area contributed by atoms with Gasteiger partial charge in [-0.15, -0.1) is 11.3 Å². The average Bonchev–Trinajstić information content (AvgIpc) is 2.14. The fourth-order valence-corrected chi connectivity index (χ4v) is 0.846. The first-order valence-corrected chi connectivity index (χ1v) is 2.94. The van der Waals surface area contributed by atoms with E-state index in [1.54, 1.807) is 11.7 Å². The molecule has 0 unspecified atom stereocenters. The van der Waals surface area contributed by atoms with Gasteiger partial charge >= 0.3 is 0 Å². The molecule has 1 aromatic rings. The Labute approximate surface area is 50.3 Å². The van der Waals surface area contributed by atoms with E-state index in [0.717, 1.165) is 5.00 Å². The smallest absolute Gasteiger partial charge is 0.123 e. The van der Waals surface area contributed by atoms with Crippen molar-refractivity contribution < 1.29 is 0 Å². The van der Waals surface area contributed by atoms with Crippen molar-refractivity contribution >= 4 is 28.1 Å². The lowest BCUT2D eigenvalue weighted by Gasteiger charge is -1.80. The summed E-state index contributed by atoms with van der Waals surface area (Å²) in [7, 11) is 0. The van der Waals surface area contributed by atoms with Crippen LogP contribution in [0.4, 0.5) is 5.00 Å². The molecule has 7 heavy (non-hydrogen) atoms. The number of thiazole rings is 1. The molecule has 0 atom stereocenters. The van der Waals surface area contributed by atoms with Gasteiger partial charge in [0.2, 0.25) is 0 Å². The van der Waals surface area contributed by atoms with Gasteiger partial charge in [0.1, 0.15) is 5.00 Å². The zero-order valence-electron chi connectivity index (χ0n) is 3.39. The van der Waals surface area contributed by atoms with Crippen LogP contribution in [0.15, 0.2) is 11.7 Å². The highest BCUT2D eigenvalue weighted by Gasteiger charge is 1.84. The van der Waals surface area contributed by atoms with Gasteiger partial charge in [-0.3, -0.25) is 9.82 Å². The molecule has 0 bridgehead atoms. The first-order valence-electron chi connectivity index (χ1n) is 1.68. The Bertz CT molecular complexity index is 127. The monoisotopic (exact) mass is 134 g/mol. The van der Waals surface area contributed by atoms with Gasteiger partial charge in [-0.25, -0.2) is 0 Å². The highest BCUT2D eigenvalue weighted by molar-refractivity contribution is 7.14. The number of nitrogens with zero attached hydrogens (tertiary/aromatic N) is 1. The van der Waals surface area contributed by atoms with E-state index in [-0.39, 0.29) is 0 Å². The van der Waals surface area contributed by atoms with E-state index in [2.05, 4.69) is 9.82 Å². The SMILES string of the molecule is ClNc1cncs1. The van der Waals surface area contributed by atoms with Crippen LogP contribution in [0.3, 0.4) is 0 Å². The van der Waals surface area contributed by atoms with E-state index in [9.17, 15) is 0 Å². The van der Waals surface area contributed by atoms with Crippen molar-refractivity contribution in [2.24, 2.45) is 0 Å². The molecule has 0 saturated carbocycles. The van der Waals surface area contributed by atoms with Crippen molar-refractivity contribution in [3.05, 3.63) is 11.7 Å². The topological polar surface area (TPSA) is 24.9 Å². The molecule has 0 spiro atoms. The molecule has 1 N–H and O–H groups in total. The van der Waals surface area contributed by atoms with Gasteiger partial charge in [0, 0.05) is 11.8 Å². The fraction of sp³-hybridized carbons (Fsp3) is 0. The molecule has 1 aromatic heterocycles. The second-order valence-electron chi connectivity index (χ2n) is 0.960. The number of nitrogens with one attached hydrogen (secondary N) is 1. The fourth-order valence-electron chi connectivity index (χ4n) is 0.262. The molecule has 0 aliphatic carbocycles. The molecule has 1 rings (SSSR count). The van der Waals surface area contributed by atoms with Crippen LogP contribution in [0.2, 0.25) is 0 Å². The minimum Gasteiger partial charge on any atom is -0.288 e. The Balaban J connectivity index is 2.76. The normalized spacial score (nSPS) is 8.71. The second kappa shape index (κ2) is 2.14. The van der Waals surface area contributed by atoms with Gasteiger partial charge < -0.3 is 0 Å². The molecule has 0 aliphatic heterocycles. The first-order chi connectivity index (χ1) is 3.43. The molecular formula is C3H3ClN2S. The largest absolute Gasteiger partial charge is 0.288 e. The van der Waals surface area contributed by atoms with Crippen LogP contribution in [0.1, 0.15) is 0 Å². The molecule has 38 valence electrons. The summed E-state index contributed by atoms with van der Waals surface area (Å²) in [6, 6.07) is 0. The molecule has 0 saturated heterocycles. The maximum absolute atomic E-state index is 5.19. The second-order valence-corrected chi connectivity index (χ2v) is 2.04. The lowest BCUT2D eigenvalue weighted by atomic mass is 10.9. The minimum absolute atomic E-state index is 0.877. The van der Waals surface area contributed by atoms with E-state index in [4.69, 9.17) is 11.8 Å². The van der Waals surface area contributed by atoms with Crippen LogP contribution >= 0.6 is 23.1 Å². The predicted molar refractivity (Wildman–Crippen MR) is 31.6 cm³/mol. The quantitative estimate of drug-likeness (QED) is 0.592. The van der Waals surface area contributed by atoms with Gasteiger partial charge in [0.25, 0.3) is 0 Å². The summed E-state index contributed by atoms with van der Waals surface area (Å²) in [6.07, 6.45) is 1.66. The van der Waals surface area contributed by atoms with Crippen molar-refractivity contribution in [1.82, 2.24) is 4.98 Å². The molecule has 1 heterocycles. The van der Waals surface area contributed by atoms with E-state index in [1.165, 1.54) is 11.3 Å². The standard InChI is InChI=1S/C3H3ClN2S/c4-6-3-1-5-2-7-3/h1-2,6H. The van der Waals surface area contributed by atoms with E-state index < -0.39 is 0 Å². The summed E-state index contributed by atoms with van der Waals surface area (Å²) in [5.74, 6) is 0. The van der Waals surface area contributed by atoms with Crippen molar-refractivity contribution in [2.45, 2.75) is 0 Å². The molecule has 4 heteroatoms. The van der Waals surface area contributed by atoms with Crippen LogP contribution in [-0.4, -0.2) is 4.98 Å². The van der Waals surface area contributed by atoms with Crippen LogP contribution in [0.25, 0.3) is 0 Å². The van der Waals surface area contributed by atoms with Crippen molar-refractivity contribution in [1.29, 1.82) is 0 Å². The number of hydrogen-bond acceptors (Lipinski definition) is 3. The summed E-state index contributed by atoms with van der Waals surface area (Å²) in [5, 5.41) is 0.877. The minimum atomic E-state index is 0.877. The number of halogens is 1. The Morgan fingerprint density at radius 3 is 3.00 bits per heavy atom. The number of anilines is 1. The highest BCUT2D eigenvalue weighted by Crippen LogP contribution is 2.11. The summed E-state index contributed by atoms with van der Waals surface area (Å²) < 4.78 is 0. The summed E-state index contributed by atoms with van der Waals surface area (Å²) in [6.45, 7) is 0. The molecule has 0 aliphatic rings. The van der Waals surface area contributed by atoms with Gasteiger partial charge in [-0.05, 0) is 0 Å². The van der Waals surface area contributed by atoms with Gasteiger partial charge in [0.15, 0.2) is 0 Å². The Kier molecular flexibility index (Phi) is 1.49. The van der Waals surface area contributed by atoms with E-state index in [0.29, 0.717) is 0 Å². The Morgan fingerprint density at radius 2 is 2.71 bits per heavy atom. The Morgan fingerprint density at radius 1 is 1.86 bits per heavy atom.